The number of aromatic nitrogens is 1. The minimum absolute atomic E-state index is 0.335. The van der Waals surface area contributed by atoms with E-state index in [2.05, 4.69) is 22.6 Å². The van der Waals surface area contributed by atoms with Gasteiger partial charge in [0.05, 0.1) is 11.8 Å². The molecule has 1 aliphatic rings. The molecule has 1 aliphatic heterocycles. The number of nitrogens with one attached hydrogen (secondary N) is 1. The first-order valence-corrected chi connectivity index (χ1v) is 9.13. The molecule has 23 heavy (non-hydrogen) atoms. The average Bonchev–Trinajstić information content (AvgIpc) is 3.24. The van der Waals surface area contributed by atoms with Crippen molar-refractivity contribution in [3.05, 3.63) is 45.4 Å². The fourth-order valence-corrected chi connectivity index (χ4v) is 3.40. The molecule has 3 rings (SSSR count). The van der Waals surface area contributed by atoms with Crippen LogP contribution in [0.4, 0.5) is 0 Å². The summed E-state index contributed by atoms with van der Waals surface area (Å²) in [6.45, 7) is 4.30. The Morgan fingerprint density at radius 3 is 3.00 bits per heavy atom. The second-order valence-electron chi connectivity index (χ2n) is 5.70. The van der Waals surface area contributed by atoms with Gasteiger partial charge in [0.15, 0.2) is 0 Å². The van der Waals surface area contributed by atoms with E-state index in [-0.39, 0.29) is 0 Å². The van der Waals surface area contributed by atoms with Crippen molar-refractivity contribution in [1.29, 1.82) is 0 Å². The molecular weight excluding hydrogens is 332 g/mol. The summed E-state index contributed by atoms with van der Waals surface area (Å²) in [5.41, 5.74) is 1.05. The number of ether oxygens (including phenoxy) is 2. The molecule has 0 aliphatic carbocycles. The molecule has 2 heterocycles. The number of nitrogens with zero attached hydrogens (tertiary/aromatic N) is 1. The number of hydrogen-bond donors (Lipinski definition) is 1. The van der Waals surface area contributed by atoms with Crippen LogP contribution in [0.3, 0.4) is 0 Å². The van der Waals surface area contributed by atoms with E-state index in [1.165, 1.54) is 6.42 Å². The van der Waals surface area contributed by atoms with Crippen LogP contribution in [-0.2, 0) is 17.9 Å². The Morgan fingerprint density at radius 1 is 1.43 bits per heavy atom. The van der Waals surface area contributed by atoms with Crippen molar-refractivity contribution in [3.63, 3.8) is 0 Å². The topological polar surface area (TPSA) is 43.4 Å². The summed E-state index contributed by atoms with van der Waals surface area (Å²) in [5.74, 6) is 0.802. The highest BCUT2D eigenvalue weighted by molar-refractivity contribution is 7.09. The highest BCUT2D eigenvalue weighted by Gasteiger charge is 2.21. The number of hydrogen-bond acceptors (Lipinski definition) is 5. The lowest BCUT2D eigenvalue weighted by atomic mass is 10.1. The van der Waals surface area contributed by atoms with Crippen LogP contribution >= 0.6 is 22.9 Å². The Hall–Kier alpha value is -1.14. The van der Waals surface area contributed by atoms with Crippen molar-refractivity contribution in [2.75, 3.05) is 6.61 Å². The molecule has 0 radical (unpaired) electrons. The van der Waals surface area contributed by atoms with E-state index in [0.29, 0.717) is 23.8 Å². The van der Waals surface area contributed by atoms with Crippen molar-refractivity contribution in [1.82, 2.24) is 10.3 Å². The number of benzene rings is 1. The zero-order valence-electron chi connectivity index (χ0n) is 13.1. The van der Waals surface area contributed by atoms with E-state index >= 15 is 0 Å². The lowest BCUT2D eigenvalue weighted by Gasteiger charge is -2.19. The average molecular weight is 353 g/mol. The Kier molecular flexibility index (Phi) is 5.89. The van der Waals surface area contributed by atoms with Crippen LogP contribution in [0.25, 0.3) is 0 Å². The molecule has 1 saturated heterocycles. The van der Waals surface area contributed by atoms with E-state index in [9.17, 15) is 0 Å². The van der Waals surface area contributed by atoms with Gasteiger partial charge in [-0.1, -0.05) is 11.6 Å². The van der Waals surface area contributed by atoms with Crippen LogP contribution in [0.15, 0.2) is 29.6 Å². The molecule has 0 saturated carbocycles. The quantitative estimate of drug-likeness (QED) is 0.817. The molecule has 2 aromatic rings. The maximum Gasteiger partial charge on any atom is 0.140 e. The normalized spacial score (nSPS) is 19.0. The summed E-state index contributed by atoms with van der Waals surface area (Å²) < 4.78 is 11.4. The molecule has 1 fully saturated rings. The summed E-state index contributed by atoms with van der Waals surface area (Å²) in [4.78, 5) is 4.61. The molecule has 124 valence electrons. The fraction of sp³-hybridized carbons (Fsp3) is 0.471. The second kappa shape index (κ2) is 8.11. The van der Waals surface area contributed by atoms with Gasteiger partial charge in [-0.2, -0.15) is 0 Å². The fourth-order valence-electron chi connectivity index (χ4n) is 2.57. The van der Waals surface area contributed by atoms with Gasteiger partial charge in [0.25, 0.3) is 0 Å². The Labute approximate surface area is 145 Å². The van der Waals surface area contributed by atoms with Crippen LogP contribution in [0.5, 0.6) is 5.75 Å². The van der Waals surface area contributed by atoms with E-state index in [0.717, 1.165) is 36.0 Å². The lowest BCUT2D eigenvalue weighted by Crippen LogP contribution is -2.36. The van der Waals surface area contributed by atoms with E-state index < -0.39 is 0 Å². The largest absolute Gasteiger partial charge is 0.486 e. The molecule has 0 bridgehead atoms. The monoisotopic (exact) mass is 352 g/mol. The molecule has 1 aromatic carbocycles. The lowest BCUT2D eigenvalue weighted by molar-refractivity contribution is 0.0831. The van der Waals surface area contributed by atoms with Crippen LogP contribution < -0.4 is 10.1 Å². The Morgan fingerprint density at radius 2 is 2.26 bits per heavy atom. The van der Waals surface area contributed by atoms with Crippen molar-refractivity contribution >= 4 is 22.9 Å². The third kappa shape index (κ3) is 4.91. The third-order valence-corrected chi connectivity index (χ3v) is 5.03. The first-order chi connectivity index (χ1) is 11.2. The molecule has 0 spiro atoms. The van der Waals surface area contributed by atoms with Crippen molar-refractivity contribution in [2.24, 2.45) is 0 Å². The van der Waals surface area contributed by atoms with Gasteiger partial charge in [-0.3, -0.25) is 0 Å². The van der Waals surface area contributed by atoms with Gasteiger partial charge in [0.2, 0.25) is 0 Å². The molecular formula is C17H21ClN2O2S. The predicted molar refractivity (Wildman–Crippen MR) is 93.2 cm³/mol. The summed E-state index contributed by atoms with van der Waals surface area (Å²) in [7, 11) is 0. The minimum atomic E-state index is 0.335. The van der Waals surface area contributed by atoms with Crippen LogP contribution in [-0.4, -0.2) is 23.7 Å². The summed E-state index contributed by atoms with van der Waals surface area (Å²) in [6, 6.07) is 7.72. The van der Waals surface area contributed by atoms with Crippen LogP contribution in [0, 0.1) is 0 Å². The van der Waals surface area contributed by atoms with Gasteiger partial charge in [-0.05, 0) is 44.0 Å². The number of halogens is 1. The van der Waals surface area contributed by atoms with Gasteiger partial charge < -0.3 is 14.8 Å². The van der Waals surface area contributed by atoms with Gasteiger partial charge in [0, 0.05) is 29.6 Å². The first kappa shape index (κ1) is 16.7. The van der Waals surface area contributed by atoms with E-state index in [1.807, 2.05) is 24.3 Å². The van der Waals surface area contributed by atoms with Gasteiger partial charge in [-0.25, -0.2) is 4.98 Å². The predicted octanol–water partition coefficient (Wildman–Crippen LogP) is 4.03. The molecule has 0 amide bonds. The SMILES string of the molecule is CC(NCc1csc(COc2ccc(Cl)cc2)n1)C1CCCO1. The zero-order valence-corrected chi connectivity index (χ0v) is 14.7. The summed E-state index contributed by atoms with van der Waals surface area (Å²) in [5, 5.41) is 7.26. The van der Waals surface area contributed by atoms with Crippen molar-refractivity contribution < 1.29 is 9.47 Å². The van der Waals surface area contributed by atoms with Gasteiger partial charge in [-0.15, -0.1) is 11.3 Å². The van der Waals surface area contributed by atoms with Gasteiger partial charge in [0.1, 0.15) is 17.4 Å². The third-order valence-electron chi connectivity index (χ3n) is 3.90. The highest BCUT2D eigenvalue weighted by atomic mass is 35.5. The smallest absolute Gasteiger partial charge is 0.140 e. The Balaban J connectivity index is 1.45. The zero-order chi connectivity index (χ0) is 16.1. The second-order valence-corrected chi connectivity index (χ2v) is 7.08. The van der Waals surface area contributed by atoms with Gasteiger partial charge >= 0.3 is 0 Å². The Bertz CT molecular complexity index is 611. The molecule has 2 unspecified atom stereocenters. The van der Waals surface area contributed by atoms with Crippen molar-refractivity contribution in [2.45, 2.75) is 45.1 Å². The summed E-state index contributed by atoms with van der Waals surface area (Å²) >= 11 is 7.48. The van der Waals surface area contributed by atoms with E-state index in [4.69, 9.17) is 21.1 Å². The standard InChI is InChI=1S/C17H21ClN2O2S/c1-12(16-3-2-8-21-16)19-9-14-11-23-17(20-14)10-22-15-6-4-13(18)5-7-15/h4-7,11-12,16,19H,2-3,8-10H2,1H3. The molecule has 1 N–H and O–H groups in total. The summed E-state index contributed by atoms with van der Waals surface area (Å²) in [6.07, 6.45) is 2.65. The van der Waals surface area contributed by atoms with E-state index in [1.54, 1.807) is 11.3 Å². The number of thiazole rings is 1. The first-order valence-electron chi connectivity index (χ1n) is 7.87. The van der Waals surface area contributed by atoms with Crippen LogP contribution in [0.1, 0.15) is 30.5 Å². The molecule has 4 nitrogen and oxygen atoms in total. The molecule has 2 atom stereocenters. The number of rotatable bonds is 7. The minimum Gasteiger partial charge on any atom is -0.486 e. The maximum absolute atomic E-state index is 5.86. The molecule has 6 heteroatoms. The highest BCUT2D eigenvalue weighted by Crippen LogP contribution is 2.19. The maximum atomic E-state index is 5.86. The van der Waals surface area contributed by atoms with Crippen LogP contribution in [0.2, 0.25) is 5.02 Å². The molecule has 1 aromatic heterocycles. The van der Waals surface area contributed by atoms with Crippen molar-refractivity contribution in [3.8, 4) is 5.75 Å².